The van der Waals surface area contributed by atoms with Gasteiger partial charge in [0.25, 0.3) is 0 Å². The molecular weight excluding hydrogens is 564 g/mol. The third-order valence-corrected chi connectivity index (χ3v) is 8.30. The normalized spacial score (nSPS) is 13.8. The number of anilines is 2. The van der Waals surface area contributed by atoms with Gasteiger partial charge in [-0.05, 0) is 59.7 Å². The van der Waals surface area contributed by atoms with E-state index >= 15 is 0 Å². The zero-order valence-corrected chi connectivity index (χ0v) is 25.6. The van der Waals surface area contributed by atoms with Crippen LogP contribution in [0.1, 0.15) is 22.3 Å². The maximum absolute atomic E-state index is 6.64. The molecule has 228 valence electrons. The number of rotatable bonds is 9. The summed E-state index contributed by atoms with van der Waals surface area (Å²) in [6, 6.07) is 28.8. The summed E-state index contributed by atoms with van der Waals surface area (Å²) in [7, 11) is 3.77. The molecule has 8 nitrogen and oxygen atoms in total. The van der Waals surface area contributed by atoms with Crippen LogP contribution in [-0.4, -0.2) is 50.4 Å². The molecule has 8 heteroatoms. The Kier molecular flexibility index (Phi) is 8.21. The van der Waals surface area contributed by atoms with Crippen LogP contribution in [0.3, 0.4) is 0 Å². The number of benzene rings is 3. The summed E-state index contributed by atoms with van der Waals surface area (Å²) >= 11 is 0. The van der Waals surface area contributed by atoms with Crippen molar-refractivity contribution in [3.05, 3.63) is 120 Å². The molecule has 0 unspecified atom stereocenters. The third kappa shape index (κ3) is 6.42. The molecule has 45 heavy (non-hydrogen) atoms. The number of fused-ring (bicyclic) bond motifs is 2. The van der Waals surface area contributed by atoms with Crippen LogP contribution in [0.4, 0.5) is 11.4 Å². The van der Waals surface area contributed by atoms with Gasteiger partial charge in [0.15, 0.2) is 0 Å². The number of ether oxygens (including phenoxy) is 4. The lowest BCUT2D eigenvalue weighted by molar-refractivity contribution is 0.122. The van der Waals surface area contributed by atoms with E-state index in [0.717, 1.165) is 82.6 Å². The largest absolute Gasteiger partial charge is 0.497 e. The third-order valence-electron chi connectivity index (χ3n) is 8.30. The Morgan fingerprint density at radius 2 is 1.76 bits per heavy atom. The fourth-order valence-corrected chi connectivity index (χ4v) is 5.85. The molecule has 7 rings (SSSR count). The first-order valence-electron chi connectivity index (χ1n) is 15.3. The molecule has 2 aliphatic rings. The van der Waals surface area contributed by atoms with Crippen molar-refractivity contribution in [3.63, 3.8) is 0 Å². The van der Waals surface area contributed by atoms with Crippen LogP contribution >= 0.6 is 0 Å². The first-order chi connectivity index (χ1) is 22.1. The fourth-order valence-electron chi connectivity index (χ4n) is 5.85. The molecule has 0 atom stereocenters. The van der Waals surface area contributed by atoms with E-state index in [1.54, 1.807) is 13.3 Å². The maximum atomic E-state index is 6.64. The topological polar surface area (TPSA) is 69.2 Å². The van der Waals surface area contributed by atoms with Gasteiger partial charge in [-0.2, -0.15) is 0 Å². The van der Waals surface area contributed by atoms with E-state index in [-0.39, 0.29) is 0 Å². The zero-order chi connectivity index (χ0) is 30.6. The van der Waals surface area contributed by atoms with E-state index in [1.165, 1.54) is 5.56 Å². The summed E-state index contributed by atoms with van der Waals surface area (Å²) in [5, 5.41) is 0. The van der Waals surface area contributed by atoms with Gasteiger partial charge in [0.2, 0.25) is 5.88 Å². The van der Waals surface area contributed by atoms with Crippen LogP contribution in [-0.2, 0) is 24.3 Å². The molecule has 4 heterocycles. The number of pyridine rings is 2. The van der Waals surface area contributed by atoms with Crippen LogP contribution in [0, 0.1) is 0 Å². The molecule has 3 aromatic carbocycles. The van der Waals surface area contributed by atoms with E-state index in [0.29, 0.717) is 25.7 Å². The Balaban J connectivity index is 1.17. The Morgan fingerprint density at radius 1 is 0.889 bits per heavy atom. The van der Waals surface area contributed by atoms with E-state index in [4.69, 9.17) is 23.9 Å². The first-order valence-corrected chi connectivity index (χ1v) is 15.3. The van der Waals surface area contributed by atoms with Gasteiger partial charge >= 0.3 is 0 Å². The molecule has 0 N–H and O–H groups in total. The van der Waals surface area contributed by atoms with E-state index in [9.17, 15) is 0 Å². The van der Waals surface area contributed by atoms with Gasteiger partial charge in [-0.15, -0.1) is 0 Å². The predicted octanol–water partition coefficient (Wildman–Crippen LogP) is 6.90. The van der Waals surface area contributed by atoms with Crippen molar-refractivity contribution in [2.45, 2.75) is 19.6 Å². The minimum atomic E-state index is 0.400. The monoisotopic (exact) mass is 600 g/mol. The van der Waals surface area contributed by atoms with E-state index < -0.39 is 0 Å². The molecular formula is C37H36N4O4. The van der Waals surface area contributed by atoms with Gasteiger partial charge in [-0.1, -0.05) is 30.3 Å². The summed E-state index contributed by atoms with van der Waals surface area (Å²) in [5.41, 5.74) is 8.46. The quantitative estimate of drug-likeness (QED) is 0.178. The Morgan fingerprint density at radius 3 is 2.56 bits per heavy atom. The van der Waals surface area contributed by atoms with Crippen LogP contribution in [0.25, 0.3) is 11.3 Å². The minimum absolute atomic E-state index is 0.400. The number of hydrogen-bond donors (Lipinski definition) is 0. The molecule has 2 aromatic heterocycles. The molecule has 0 bridgehead atoms. The number of aromatic nitrogens is 2. The van der Waals surface area contributed by atoms with Crippen molar-refractivity contribution in [1.82, 2.24) is 9.97 Å². The Labute approximate surface area is 263 Å². The van der Waals surface area contributed by atoms with Gasteiger partial charge in [0.05, 0.1) is 26.0 Å². The molecule has 0 amide bonds. The standard InChI is InChI=1S/C37H36N4O4/c1-40(24-27-5-4-14-38-23-27)30-10-13-35-29(20-30)19-28-6-3-7-33(37(28)45-35)34-21-31(41-15-17-43-18-16-41)22-36(39-34)44-25-26-8-11-32(42-2)12-9-26/h3-14,20-23H,15-19,24-25H2,1-2H3. The Hall–Kier alpha value is -5.08. The zero-order valence-electron chi connectivity index (χ0n) is 25.6. The molecule has 2 aliphatic heterocycles. The molecule has 0 spiro atoms. The van der Waals surface area contributed by atoms with Crippen molar-refractivity contribution in [1.29, 1.82) is 0 Å². The number of para-hydroxylation sites is 1. The first kappa shape index (κ1) is 28.7. The molecule has 1 fully saturated rings. The van der Waals surface area contributed by atoms with Crippen molar-refractivity contribution in [3.8, 4) is 34.4 Å². The lowest BCUT2D eigenvalue weighted by Gasteiger charge is -2.29. The smallest absolute Gasteiger partial charge is 0.216 e. The molecule has 5 aromatic rings. The van der Waals surface area contributed by atoms with E-state index in [1.807, 2.05) is 42.6 Å². The summed E-state index contributed by atoms with van der Waals surface area (Å²) in [4.78, 5) is 13.8. The summed E-state index contributed by atoms with van der Waals surface area (Å²) in [5.74, 6) is 3.10. The van der Waals surface area contributed by atoms with Gasteiger partial charge < -0.3 is 28.7 Å². The number of morpholine rings is 1. The predicted molar refractivity (Wildman–Crippen MR) is 176 cm³/mol. The van der Waals surface area contributed by atoms with Crippen molar-refractivity contribution >= 4 is 11.4 Å². The van der Waals surface area contributed by atoms with Gasteiger partial charge in [0.1, 0.15) is 23.9 Å². The van der Waals surface area contributed by atoms with E-state index in [2.05, 4.69) is 70.4 Å². The Bertz CT molecular complexity index is 1770. The molecule has 0 radical (unpaired) electrons. The lowest BCUT2D eigenvalue weighted by atomic mass is 9.96. The van der Waals surface area contributed by atoms with Crippen LogP contribution < -0.4 is 24.0 Å². The molecule has 0 aliphatic carbocycles. The van der Waals surface area contributed by atoms with Gasteiger partial charge in [-0.25, -0.2) is 4.98 Å². The van der Waals surface area contributed by atoms with Crippen molar-refractivity contribution in [2.75, 3.05) is 50.3 Å². The summed E-state index contributed by atoms with van der Waals surface area (Å²) in [6.45, 7) is 4.20. The second-order valence-corrected chi connectivity index (χ2v) is 11.4. The average molecular weight is 601 g/mol. The molecule has 1 saturated heterocycles. The second kappa shape index (κ2) is 12.9. The SMILES string of the molecule is COc1ccc(COc2cc(N3CCOCC3)cc(-c3cccc4c3Oc3ccc(N(C)Cc5cccnc5)cc3C4)n2)cc1. The fraction of sp³-hybridized carbons (Fsp3) is 0.243. The second-order valence-electron chi connectivity index (χ2n) is 11.4. The van der Waals surface area contributed by atoms with Crippen LogP contribution in [0.2, 0.25) is 0 Å². The van der Waals surface area contributed by atoms with Crippen LogP contribution in [0.5, 0.6) is 23.1 Å². The summed E-state index contributed by atoms with van der Waals surface area (Å²) in [6.07, 6.45) is 4.49. The highest BCUT2D eigenvalue weighted by Gasteiger charge is 2.23. The number of hydrogen-bond acceptors (Lipinski definition) is 8. The highest BCUT2D eigenvalue weighted by Crippen LogP contribution is 2.44. The summed E-state index contributed by atoms with van der Waals surface area (Å²) < 4.78 is 23.8. The van der Waals surface area contributed by atoms with Crippen LogP contribution in [0.15, 0.2) is 97.3 Å². The van der Waals surface area contributed by atoms with Crippen molar-refractivity contribution in [2.24, 2.45) is 0 Å². The highest BCUT2D eigenvalue weighted by atomic mass is 16.5. The van der Waals surface area contributed by atoms with Crippen molar-refractivity contribution < 1.29 is 18.9 Å². The number of nitrogens with zero attached hydrogens (tertiary/aromatic N) is 4. The number of methoxy groups -OCH3 is 1. The van der Waals surface area contributed by atoms with Gasteiger partial charge in [0, 0.05) is 79.6 Å². The minimum Gasteiger partial charge on any atom is -0.497 e. The molecule has 0 saturated carbocycles. The van der Waals surface area contributed by atoms with Gasteiger partial charge in [-0.3, -0.25) is 4.98 Å². The maximum Gasteiger partial charge on any atom is 0.216 e. The highest BCUT2D eigenvalue weighted by molar-refractivity contribution is 5.75. The average Bonchev–Trinajstić information content (AvgIpc) is 3.10. The lowest BCUT2D eigenvalue weighted by Crippen LogP contribution is -2.36.